The first kappa shape index (κ1) is 4.18. The normalized spacial score (nSPS) is 17.9. The van der Waals surface area contributed by atoms with Gasteiger partial charge in [-0.05, 0) is 13.5 Å². The predicted octanol–water partition coefficient (Wildman–Crippen LogP) is 0.411. The third kappa shape index (κ3) is 0.707. The lowest BCUT2D eigenvalue weighted by molar-refractivity contribution is 0.178. The average Bonchev–Trinajstić information content (AvgIpc) is 1.87. The summed E-state index contributed by atoms with van der Waals surface area (Å²) in [6, 6.07) is 0. The van der Waals surface area contributed by atoms with Crippen LogP contribution in [0.3, 0.4) is 0 Å². The van der Waals surface area contributed by atoms with Crippen LogP contribution in [0.25, 0.3) is 0 Å². The van der Waals surface area contributed by atoms with Crippen molar-refractivity contribution in [3.63, 3.8) is 0 Å². The van der Waals surface area contributed by atoms with Crippen LogP contribution < -0.4 is 5.48 Å². The van der Waals surface area contributed by atoms with Crippen LogP contribution in [-0.2, 0) is 4.84 Å². The molecule has 1 rings (SSSR count). The molecule has 0 aliphatic carbocycles. The van der Waals surface area contributed by atoms with Crippen molar-refractivity contribution in [2.45, 2.75) is 6.92 Å². The molecular weight excluding hydrogens is 92.1 g/mol. The molecule has 0 aromatic rings. The maximum absolute atomic E-state index is 4.62. The van der Waals surface area contributed by atoms with E-state index in [1.54, 1.807) is 6.92 Å². The van der Waals surface area contributed by atoms with Gasteiger partial charge >= 0.3 is 0 Å². The summed E-state index contributed by atoms with van der Waals surface area (Å²) in [4.78, 5) is 8.39. The fraction of sp³-hybridized carbons (Fsp3) is 0.250. The minimum absolute atomic E-state index is 0.428. The summed E-state index contributed by atoms with van der Waals surface area (Å²) in [6.45, 7) is 5.24. The van der Waals surface area contributed by atoms with Gasteiger partial charge in [-0.15, -0.1) is 0 Å². The quantitative estimate of drug-likeness (QED) is 0.476. The second-order valence-corrected chi connectivity index (χ2v) is 1.30. The maximum atomic E-state index is 4.62. The molecule has 0 spiro atoms. The van der Waals surface area contributed by atoms with E-state index in [0.717, 1.165) is 5.84 Å². The molecule has 38 valence electrons. The van der Waals surface area contributed by atoms with E-state index in [-0.39, 0.29) is 0 Å². The summed E-state index contributed by atoms with van der Waals surface area (Å²) in [6.07, 6.45) is 0. The van der Waals surface area contributed by atoms with Crippen molar-refractivity contribution in [1.29, 1.82) is 0 Å². The zero-order chi connectivity index (χ0) is 5.28. The van der Waals surface area contributed by atoms with E-state index >= 15 is 0 Å². The Kier molecular flexibility index (Phi) is 0.749. The second-order valence-electron chi connectivity index (χ2n) is 1.30. The van der Waals surface area contributed by atoms with Crippen LogP contribution in [0.4, 0.5) is 0 Å². The van der Waals surface area contributed by atoms with Crippen molar-refractivity contribution in [3.05, 3.63) is 12.5 Å². The zero-order valence-corrected chi connectivity index (χ0v) is 4.06. The van der Waals surface area contributed by atoms with Gasteiger partial charge in [-0.2, -0.15) is 4.99 Å². The van der Waals surface area contributed by atoms with Crippen molar-refractivity contribution < 1.29 is 4.84 Å². The van der Waals surface area contributed by atoms with E-state index in [1.165, 1.54) is 0 Å². The zero-order valence-electron chi connectivity index (χ0n) is 4.06. The van der Waals surface area contributed by atoms with Gasteiger partial charge in [0.1, 0.15) is 5.84 Å². The first-order valence-corrected chi connectivity index (χ1v) is 1.96. The summed E-state index contributed by atoms with van der Waals surface area (Å²) < 4.78 is 0. The van der Waals surface area contributed by atoms with Crippen molar-refractivity contribution in [2.24, 2.45) is 4.99 Å². The van der Waals surface area contributed by atoms with Gasteiger partial charge in [-0.25, -0.2) is 5.48 Å². The Morgan fingerprint density at radius 3 is 2.71 bits per heavy atom. The Morgan fingerprint density at radius 2 is 2.57 bits per heavy atom. The van der Waals surface area contributed by atoms with Gasteiger partial charge in [0.05, 0.1) is 0 Å². The fourth-order valence-electron chi connectivity index (χ4n) is 0.365. The molecular formula is C4H6N2O. The molecule has 0 amide bonds. The topological polar surface area (TPSA) is 33.6 Å². The molecule has 1 heterocycles. The maximum Gasteiger partial charge on any atom is 0.240 e. The molecule has 0 aromatic heterocycles. The third-order valence-electron chi connectivity index (χ3n) is 0.609. The third-order valence-corrected chi connectivity index (χ3v) is 0.609. The molecule has 0 radical (unpaired) electrons. The van der Waals surface area contributed by atoms with E-state index in [2.05, 4.69) is 21.9 Å². The second kappa shape index (κ2) is 1.26. The highest BCUT2D eigenvalue weighted by atomic mass is 16.7. The Hall–Kier alpha value is -0.990. The summed E-state index contributed by atoms with van der Waals surface area (Å²) in [7, 11) is 0. The van der Waals surface area contributed by atoms with E-state index in [0.29, 0.717) is 5.88 Å². The standard InChI is InChI=1S/C4H6N2O/c1-3-5-4(2)7-6-3/h2H2,1H3,(H,5,6). The summed E-state index contributed by atoms with van der Waals surface area (Å²) in [5, 5.41) is 0. The molecule has 0 aromatic carbocycles. The molecule has 7 heavy (non-hydrogen) atoms. The molecule has 0 saturated heterocycles. The van der Waals surface area contributed by atoms with Gasteiger partial charge in [0.25, 0.3) is 0 Å². The van der Waals surface area contributed by atoms with Crippen LogP contribution in [0.1, 0.15) is 6.92 Å². The van der Waals surface area contributed by atoms with Crippen LogP contribution >= 0.6 is 0 Å². The molecule has 1 aliphatic heterocycles. The van der Waals surface area contributed by atoms with Crippen LogP contribution in [0, 0.1) is 0 Å². The first-order valence-electron chi connectivity index (χ1n) is 1.96. The van der Waals surface area contributed by atoms with Gasteiger partial charge in [0.15, 0.2) is 0 Å². The Bertz CT molecular complexity index is 128. The molecule has 0 fully saturated rings. The van der Waals surface area contributed by atoms with Gasteiger partial charge in [-0.1, -0.05) is 0 Å². The van der Waals surface area contributed by atoms with Gasteiger partial charge in [0, 0.05) is 0 Å². The highest BCUT2D eigenvalue weighted by molar-refractivity contribution is 5.80. The van der Waals surface area contributed by atoms with Crippen molar-refractivity contribution in [1.82, 2.24) is 5.48 Å². The molecule has 1 aliphatic rings. The molecule has 0 saturated carbocycles. The van der Waals surface area contributed by atoms with E-state index in [9.17, 15) is 0 Å². The average molecular weight is 98.1 g/mol. The molecule has 0 unspecified atom stereocenters. The Morgan fingerprint density at radius 1 is 1.86 bits per heavy atom. The molecule has 0 bridgehead atoms. The highest BCUT2D eigenvalue weighted by Gasteiger charge is 2.01. The monoisotopic (exact) mass is 98.0 g/mol. The molecule has 3 nitrogen and oxygen atoms in total. The number of nitrogens with zero attached hydrogens (tertiary/aromatic N) is 1. The van der Waals surface area contributed by atoms with Gasteiger partial charge < -0.3 is 4.84 Å². The van der Waals surface area contributed by atoms with E-state index in [4.69, 9.17) is 0 Å². The minimum Gasteiger partial charge on any atom is -0.361 e. The molecule has 3 heteroatoms. The van der Waals surface area contributed by atoms with Crippen LogP contribution in [0.5, 0.6) is 0 Å². The number of amidine groups is 1. The number of nitrogens with one attached hydrogen (secondary N) is 1. The van der Waals surface area contributed by atoms with Gasteiger partial charge in [0.2, 0.25) is 5.88 Å². The number of hydrogen-bond donors (Lipinski definition) is 1. The van der Waals surface area contributed by atoms with Crippen LogP contribution in [0.2, 0.25) is 0 Å². The lowest BCUT2D eigenvalue weighted by Gasteiger charge is -1.89. The number of rotatable bonds is 0. The SMILES string of the molecule is C=C1N=C(C)NO1. The first-order chi connectivity index (χ1) is 3.29. The lowest BCUT2D eigenvalue weighted by Crippen LogP contribution is -2.11. The van der Waals surface area contributed by atoms with E-state index in [1.807, 2.05) is 0 Å². The van der Waals surface area contributed by atoms with Crippen LogP contribution in [-0.4, -0.2) is 5.84 Å². The summed E-state index contributed by atoms with van der Waals surface area (Å²) in [5.41, 5.74) is 2.52. The molecule has 1 N–H and O–H groups in total. The largest absolute Gasteiger partial charge is 0.361 e. The molecule has 0 atom stereocenters. The predicted molar refractivity (Wildman–Crippen MR) is 26.5 cm³/mol. The summed E-state index contributed by atoms with van der Waals surface area (Å²) >= 11 is 0. The Labute approximate surface area is 41.7 Å². The highest BCUT2D eigenvalue weighted by Crippen LogP contribution is 1.98. The number of aliphatic imine (C=N–C) groups is 1. The Balaban J connectivity index is 2.67. The minimum atomic E-state index is 0.428. The van der Waals surface area contributed by atoms with Crippen molar-refractivity contribution in [3.8, 4) is 0 Å². The number of hydrogen-bond acceptors (Lipinski definition) is 3. The van der Waals surface area contributed by atoms with E-state index < -0.39 is 0 Å². The lowest BCUT2D eigenvalue weighted by atomic mass is 10.7. The van der Waals surface area contributed by atoms with Gasteiger partial charge in [-0.3, -0.25) is 0 Å². The van der Waals surface area contributed by atoms with Crippen molar-refractivity contribution >= 4 is 5.84 Å². The smallest absolute Gasteiger partial charge is 0.240 e. The van der Waals surface area contributed by atoms with Crippen LogP contribution in [0.15, 0.2) is 17.5 Å². The fourth-order valence-corrected chi connectivity index (χ4v) is 0.365. The summed E-state index contributed by atoms with van der Waals surface area (Å²) in [5.74, 6) is 1.18. The number of hydroxylamine groups is 1. The van der Waals surface area contributed by atoms with Crippen molar-refractivity contribution in [2.75, 3.05) is 0 Å².